The Bertz CT molecular complexity index is 280. The van der Waals surface area contributed by atoms with Gasteiger partial charge < -0.3 is 5.32 Å². The first kappa shape index (κ1) is 11.2. The molecular weight excluding hydrogens is 202 g/mol. The molecule has 0 unspecified atom stereocenters. The molecule has 1 aliphatic carbocycles. The van der Waals surface area contributed by atoms with Crippen LogP contribution in [0.1, 0.15) is 38.0 Å². The van der Waals surface area contributed by atoms with Crippen molar-refractivity contribution in [1.82, 2.24) is 5.32 Å². The monoisotopic (exact) mass is 223 g/mol. The molecule has 2 heteroatoms. The third-order valence-electron chi connectivity index (χ3n) is 3.69. The second kappa shape index (κ2) is 4.67. The van der Waals surface area contributed by atoms with Gasteiger partial charge in [0.1, 0.15) is 0 Å². The van der Waals surface area contributed by atoms with Gasteiger partial charge in [0.25, 0.3) is 0 Å². The first-order valence-corrected chi connectivity index (χ1v) is 6.93. The Hall–Kier alpha value is -0.340. The topological polar surface area (TPSA) is 12.0 Å². The van der Waals surface area contributed by atoms with E-state index in [1.54, 1.807) is 4.88 Å². The fourth-order valence-electron chi connectivity index (χ4n) is 2.71. The van der Waals surface area contributed by atoms with Crippen LogP contribution in [-0.2, 0) is 5.41 Å². The highest BCUT2D eigenvalue weighted by atomic mass is 32.1. The molecule has 0 aliphatic heterocycles. The SMILES string of the molecule is CCNCC1(c2cccs2)CC(CC)C1. The Morgan fingerprint density at radius 2 is 2.27 bits per heavy atom. The maximum Gasteiger partial charge on any atom is 0.0177 e. The summed E-state index contributed by atoms with van der Waals surface area (Å²) in [6.07, 6.45) is 4.12. The zero-order valence-electron chi connectivity index (χ0n) is 9.75. The number of likely N-dealkylation sites (N-methyl/N-ethyl adjacent to an activating group) is 1. The summed E-state index contributed by atoms with van der Waals surface area (Å²) in [6.45, 7) is 6.76. The van der Waals surface area contributed by atoms with Crippen LogP contribution in [0, 0.1) is 5.92 Å². The van der Waals surface area contributed by atoms with Gasteiger partial charge in [-0.1, -0.05) is 26.3 Å². The molecule has 0 aromatic carbocycles. The quantitative estimate of drug-likeness (QED) is 0.806. The summed E-state index contributed by atoms with van der Waals surface area (Å²) < 4.78 is 0. The summed E-state index contributed by atoms with van der Waals surface area (Å²) in [4.78, 5) is 1.59. The molecule has 0 bridgehead atoms. The lowest BCUT2D eigenvalue weighted by atomic mass is 9.60. The van der Waals surface area contributed by atoms with E-state index in [2.05, 4.69) is 36.7 Å². The molecule has 0 spiro atoms. The van der Waals surface area contributed by atoms with Crippen LogP contribution in [0.2, 0.25) is 0 Å². The van der Waals surface area contributed by atoms with E-state index in [9.17, 15) is 0 Å². The van der Waals surface area contributed by atoms with Crippen molar-refractivity contribution in [1.29, 1.82) is 0 Å². The minimum atomic E-state index is 0.477. The fraction of sp³-hybridized carbons (Fsp3) is 0.692. The van der Waals surface area contributed by atoms with Gasteiger partial charge >= 0.3 is 0 Å². The van der Waals surface area contributed by atoms with Gasteiger partial charge in [-0.2, -0.15) is 0 Å². The zero-order chi connectivity index (χ0) is 10.7. The van der Waals surface area contributed by atoms with Crippen LogP contribution in [0.25, 0.3) is 0 Å². The second-order valence-electron chi connectivity index (χ2n) is 4.72. The predicted octanol–water partition coefficient (Wildman–Crippen LogP) is 3.42. The van der Waals surface area contributed by atoms with Crippen LogP contribution in [0.3, 0.4) is 0 Å². The maximum atomic E-state index is 3.53. The third-order valence-corrected chi connectivity index (χ3v) is 4.81. The summed E-state index contributed by atoms with van der Waals surface area (Å²) in [5.41, 5.74) is 0.477. The van der Waals surface area contributed by atoms with Crippen molar-refractivity contribution in [3.63, 3.8) is 0 Å². The van der Waals surface area contributed by atoms with Gasteiger partial charge in [0.05, 0.1) is 0 Å². The lowest BCUT2D eigenvalue weighted by Crippen LogP contribution is -2.47. The van der Waals surface area contributed by atoms with Crippen molar-refractivity contribution < 1.29 is 0 Å². The third kappa shape index (κ3) is 2.11. The zero-order valence-corrected chi connectivity index (χ0v) is 10.6. The van der Waals surface area contributed by atoms with Gasteiger partial charge in [-0.25, -0.2) is 0 Å². The number of thiophene rings is 1. The normalized spacial score (nSPS) is 30.1. The number of hydrogen-bond acceptors (Lipinski definition) is 2. The Morgan fingerprint density at radius 3 is 2.80 bits per heavy atom. The van der Waals surface area contributed by atoms with Crippen LogP contribution in [-0.4, -0.2) is 13.1 Å². The largest absolute Gasteiger partial charge is 0.316 e. The molecule has 1 heterocycles. The first-order chi connectivity index (χ1) is 7.30. The van der Waals surface area contributed by atoms with Crippen LogP contribution in [0.15, 0.2) is 17.5 Å². The van der Waals surface area contributed by atoms with E-state index in [-0.39, 0.29) is 0 Å². The van der Waals surface area contributed by atoms with Gasteiger partial charge in [0, 0.05) is 16.8 Å². The van der Waals surface area contributed by atoms with Gasteiger partial charge in [-0.15, -0.1) is 11.3 Å². The molecule has 84 valence electrons. The van der Waals surface area contributed by atoms with E-state index >= 15 is 0 Å². The van der Waals surface area contributed by atoms with Crippen molar-refractivity contribution in [2.24, 2.45) is 5.92 Å². The van der Waals surface area contributed by atoms with Crippen molar-refractivity contribution in [3.05, 3.63) is 22.4 Å². The molecular formula is C13H21NS. The predicted molar refractivity (Wildman–Crippen MR) is 67.6 cm³/mol. The van der Waals surface area contributed by atoms with Gasteiger partial charge in [-0.3, -0.25) is 0 Å². The van der Waals surface area contributed by atoms with Crippen molar-refractivity contribution in [3.8, 4) is 0 Å². The second-order valence-corrected chi connectivity index (χ2v) is 5.67. The standard InChI is InChI=1S/C13H21NS/c1-3-11-8-13(9-11,10-14-4-2)12-6-5-7-15-12/h5-7,11,14H,3-4,8-10H2,1-2H3. The molecule has 1 aliphatic rings. The van der Waals surface area contributed by atoms with Crippen LogP contribution < -0.4 is 5.32 Å². The maximum absolute atomic E-state index is 3.53. The van der Waals surface area contributed by atoms with Crippen molar-refractivity contribution in [2.75, 3.05) is 13.1 Å². The summed E-state index contributed by atoms with van der Waals surface area (Å²) in [6, 6.07) is 4.50. The molecule has 1 saturated carbocycles. The number of nitrogens with one attached hydrogen (secondary N) is 1. The van der Waals surface area contributed by atoms with Crippen molar-refractivity contribution in [2.45, 2.75) is 38.5 Å². The Labute approximate surface area is 96.9 Å². The molecule has 15 heavy (non-hydrogen) atoms. The average molecular weight is 223 g/mol. The summed E-state index contributed by atoms with van der Waals surface area (Å²) in [7, 11) is 0. The molecule has 0 saturated heterocycles. The highest BCUT2D eigenvalue weighted by Crippen LogP contribution is 2.50. The highest BCUT2D eigenvalue weighted by Gasteiger charge is 2.44. The van der Waals surface area contributed by atoms with Crippen LogP contribution >= 0.6 is 11.3 Å². The molecule has 0 atom stereocenters. The molecule has 1 aromatic heterocycles. The smallest absolute Gasteiger partial charge is 0.0177 e. The average Bonchev–Trinajstić information content (AvgIpc) is 2.70. The van der Waals surface area contributed by atoms with Crippen molar-refractivity contribution >= 4 is 11.3 Å². The van der Waals surface area contributed by atoms with Gasteiger partial charge in [0.15, 0.2) is 0 Å². The van der Waals surface area contributed by atoms with E-state index in [0.717, 1.165) is 12.5 Å². The van der Waals surface area contributed by atoms with E-state index in [1.807, 2.05) is 11.3 Å². The minimum Gasteiger partial charge on any atom is -0.316 e. The molecule has 2 rings (SSSR count). The van der Waals surface area contributed by atoms with Gasteiger partial charge in [-0.05, 0) is 36.8 Å². The molecule has 0 radical (unpaired) electrons. The molecule has 1 nitrogen and oxygen atoms in total. The highest BCUT2D eigenvalue weighted by molar-refractivity contribution is 7.10. The Balaban J connectivity index is 2.05. The van der Waals surface area contributed by atoms with Crippen LogP contribution in [0.5, 0.6) is 0 Å². The lowest BCUT2D eigenvalue weighted by molar-refractivity contribution is 0.138. The van der Waals surface area contributed by atoms with Gasteiger partial charge in [0.2, 0.25) is 0 Å². The Morgan fingerprint density at radius 1 is 1.47 bits per heavy atom. The molecule has 1 aromatic rings. The van der Waals surface area contributed by atoms with E-state index in [1.165, 1.54) is 25.8 Å². The summed E-state index contributed by atoms with van der Waals surface area (Å²) in [5.74, 6) is 0.964. The molecule has 0 amide bonds. The molecule has 1 fully saturated rings. The Kier molecular flexibility index (Phi) is 3.47. The lowest BCUT2D eigenvalue weighted by Gasteiger charge is -2.47. The van der Waals surface area contributed by atoms with E-state index < -0.39 is 0 Å². The minimum absolute atomic E-state index is 0.477. The van der Waals surface area contributed by atoms with E-state index in [4.69, 9.17) is 0 Å². The summed E-state index contributed by atoms with van der Waals surface area (Å²) in [5, 5.41) is 5.74. The summed E-state index contributed by atoms with van der Waals surface area (Å²) >= 11 is 1.93. The van der Waals surface area contributed by atoms with E-state index in [0.29, 0.717) is 5.41 Å². The first-order valence-electron chi connectivity index (χ1n) is 6.05. The number of hydrogen-bond donors (Lipinski definition) is 1. The number of rotatable bonds is 5. The fourth-order valence-corrected chi connectivity index (χ4v) is 3.66. The molecule has 1 N–H and O–H groups in total. The van der Waals surface area contributed by atoms with Crippen LogP contribution in [0.4, 0.5) is 0 Å².